The Labute approximate surface area is 163 Å². The lowest BCUT2D eigenvalue weighted by atomic mass is 9.97. The normalized spacial score (nSPS) is 17.5. The van der Waals surface area contributed by atoms with Gasteiger partial charge in [-0.05, 0) is 37.3 Å². The van der Waals surface area contributed by atoms with Gasteiger partial charge in [0.2, 0.25) is 5.88 Å². The first-order valence-corrected chi connectivity index (χ1v) is 10.3. The molecular weight excluding hydrogens is 363 g/mol. The summed E-state index contributed by atoms with van der Waals surface area (Å²) in [5.41, 5.74) is 2.74. The summed E-state index contributed by atoms with van der Waals surface area (Å²) < 4.78 is 19.2. The predicted molar refractivity (Wildman–Crippen MR) is 109 cm³/mol. The number of pyridine rings is 1. The Morgan fingerprint density at radius 2 is 2.15 bits per heavy atom. The predicted octanol–water partition coefficient (Wildman–Crippen LogP) is 3.72. The van der Waals surface area contributed by atoms with E-state index < -0.39 is 0 Å². The minimum atomic E-state index is -0.0771. The van der Waals surface area contributed by atoms with Gasteiger partial charge in [0.05, 0.1) is 25.0 Å². The first-order chi connectivity index (χ1) is 13.2. The van der Waals surface area contributed by atoms with Crippen molar-refractivity contribution in [2.75, 3.05) is 37.9 Å². The van der Waals surface area contributed by atoms with E-state index in [0.717, 1.165) is 54.6 Å². The zero-order chi connectivity index (χ0) is 18.8. The maximum Gasteiger partial charge on any atom is 0.213 e. The molecule has 1 aromatic heterocycles. The van der Waals surface area contributed by atoms with Crippen LogP contribution in [0, 0.1) is 5.82 Å². The Morgan fingerprint density at radius 3 is 2.85 bits per heavy atom. The van der Waals surface area contributed by atoms with Crippen LogP contribution < -0.4 is 9.64 Å². The third-order valence-electron chi connectivity index (χ3n) is 5.14. The summed E-state index contributed by atoms with van der Waals surface area (Å²) in [6.45, 7) is 2.79. The molecule has 0 radical (unpaired) electrons. The Morgan fingerprint density at radius 1 is 1.30 bits per heavy atom. The summed E-state index contributed by atoms with van der Waals surface area (Å²) in [6.07, 6.45) is 5.59. The van der Waals surface area contributed by atoms with Gasteiger partial charge in [0.15, 0.2) is 5.17 Å². The van der Waals surface area contributed by atoms with Crippen molar-refractivity contribution in [2.45, 2.75) is 18.9 Å². The third-order valence-corrected chi connectivity index (χ3v) is 5.85. The number of anilines is 1. The van der Waals surface area contributed by atoms with Crippen molar-refractivity contribution >= 4 is 28.3 Å². The average Bonchev–Trinajstić information content (AvgIpc) is 2.67. The van der Waals surface area contributed by atoms with Gasteiger partial charge in [-0.3, -0.25) is 0 Å². The maximum atomic E-state index is 14.1. The molecule has 27 heavy (non-hydrogen) atoms. The summed E-state index contributed by atoms with van der Waals surface area (Å²) in [4.78, 5) is 13.6. The average molecular weight is 386 g/mol. The van der Waals surface area contributed by atoms with Crippen molar-refractivity contribution in [1.82, 2.24) is 9.88 Å². The molecule has 1 saturated heterocycles. The number of rotatable bonds is 3. The molecule has 0 spiro atoms. The highest BCUT2D eigenvalue weighted by atomic mass is 32.2. The van der Waals surface area contributed by atoms with Crippen LogP contribution in [0.15, 0.2) is 41.5 Å². The number of hydrogen-bond donors (Lipinski definition) is 0. The van der Waals surface area contributed by atoms with Crippen molar-refractivity contribution in [3.05, 3.63) is 47.9 Å². The molecule has 2 aromatic rings. The molecule has 7 heteroatoms. The fourth-order valence-electron chi connectivity index (χ4n) is 3.71. The Bertz CT molecular complexity index is 836. The lowest BCUT2D eigenvalue weighted by Crippen LogP contribution is -2.61. The molecule has 1 fully saturated rings. The van der Waals surface area contributed by atoms with Gasteiger partial charge in [-0.2, -0.15) is 0 Å². The topological polar surface area (TPSA) is 41.0 Å². The number of hydrogen-bond acceptors (Lipinski definition) is 5. The molecule has 0 bridgehead atoms. The van der Waals surface area contributed by atoms with Gasteiger partial charge in [0.1, 0.15) is 5.82 Å². The monoisotopic (exact) mass is 386 g/mol. The minimum absolute atomic E-state index is 0.0771. The number of fused-ring (bicyclic) bond motifs is 1. The minimum Gasteiger partial charge on any atom is -0.481 e. The van der Waals surface area contributed by atoms with Crippen LogP contribution in [0.25, 0.3) is 0 Å². The fourth-order valence-corrected chi connectivity index (χ4v) is 4.32. The van der Waals surface area contributed by atoms with E-state index >= 15 is 0 Å². The van der Waals surface area contributed by atoms with E-state index in [4.69, 9.17) is 9.73 Å². The zero-order valence-corrected chi connectivity index (χ0v) is 16.4. The number of amidine groups is 1. The summed E-state index contributed by atoms with van der Waals surface area (Å²) in [6, 6.07) is 9.55. The fraction of sp³-hybridized carbons (Fsp3) is 0.400. The van der Waals surface area contributed by atoms with Crippen LogP contribution >= 0.6 is 11.8 Å². The number of benzene rings is 1. The molecule has 5 nitrogen and oxygen atoms in total. The molecule has 2 aliphatic rings. The molecular formula is C20H23FN4OS. The van der Waals surface area contributed by atoms with E-state index in [2.05, 4.69) is 14.8 Å². The molecule has 0 saturated carbocycles. The Hall–Kier alpha value is -2.28. The molecule has 2 aliphatic heterocycles. The van der Waals surface area contributed by atoms with Gasteiger partial charge in [0, 0.05) is 37.0 Å². The highest BCUT2D eigenvalue weighted by molar-refractivity contribution is 8.13. The lowest BCUT2D eigenvalue weighted by Gasteiger charge is -2.49. The van der Waals surface area contributed by atoms with Crippen LogP contribution in [0.5, 0.6) is 5.88 Å². The second-order valence-electron chi connectivity index (χ2n) is 6.75. The van der Waals surface area contributed by atoms with E-state index in [9.17, 15) is 4.39 Å². The molecule has 0 atom stereocenters. The maximum absolute atomic E-state index is 14.1. The molecule has 142 valence electrons. The van der Waals surface area contributed by atoms with E-state index in [1.807, 2.05) is 30.5 Å². The smallest absolute Gasteiger partial charge is 0.213 e. The van der Waals surface area contributed by atoms with Gasteiger partial charge < -0.3 is 14.5 Å². The highest BCUT2D eigenvalue weighted by Crippen LogP contribution is 2.33. The molecule has 0 amide bonds. The van der Waals surface area contributed by atoms with E-state index in [0.29, 0.717) is 11.9 Å². The SMILES string of the molecule is COc1ccc(N=C(SC)N2CC(N3CCCc4c(F)cccc43)C2)cn1. The number of nitrogens with zero attached hydrogens (tertiary/aromatic N) is 4. The molecule has 0 N–H and O–H groups in total. The lowest BCUT2D eigenvalue weighted by molar-refractivity contribution is 0.244. The number of methoxy groups -OCH3 is 1. The number of aromatic nitrogens is 1. The van der Waals surface area contributed by atoms with Crippen LogP contribution in [0.3, 0.4) is 0 Å². The molecule has 4 rings (SSSR count). The first-order valence-electron chi connectivity index (χ1n) is 9.11. The van der Waals surface area contributed by atoms with Crippen molar-refractivity contribution in [3.63, 3.8) is 0 Å². The highest BCUT2D eigenvalue weighted by Gasteiger charge is 2.36. The van der Waals surface area contributed by atoms with Crippen LogP contribution in [0.1, 0.15) is 12.0 Å². The van der Waals surface area contributed by atoms with Gasteiger partial charge in [-0.15, -0.1) is 0 Å². The summed E-state index contributed by atoms with van der Waals surface area (Å²) >= 11 is 1.63. The van der Waals surface area contributed by atoms with Crippen LogP contribution in [0.2, 0.25) is 0 Å². The Kier molecular flexibility index (Phi) is 5.20. The molecule has 0 aliphatic carbocycles. The van der Waals surface area contributed by atoms with Crippen molar-refractivity contribution in [2.24, 2.45) is 4.99 Å². The number of thioether (sulfide) groups is 1. The zero-order valence-electron chi connectivity index (χ0n) is 15.6. The van der Waals surface area contributed by atoms with Gasteiger partial charge >= 0.3 is 0 Å². The van der Waals surface area contributed by atoms with Crippen LogP contribution in [-0.4, -0.2) is 54.1 Å². The number of ether oxygens (including phenoxy) is 1. The molecule has 3 heterocycles. The molecule has 0 unspecified atom stereocenters. The largest absolute Gasteiger partial charge is 0.481 e. The summed E-state index contributed by atoms with van der Waals surface area (Å²) in [5, 5.41) is 0.981. The second-order valence-corrected chi connectivity index (χ2v) is 7.52. The summed E-state index contributed by atoms with van der Waals surface area (Å²) in [7, 11) is 1.60. The first kappa shape index (κ1) is 18.1. The van der Waals surface area contributed by atoms with Crippen LogP contribution in [-0.2, 0) is 6.42 Å². The summed E-state index contributed by atoms with van der Waals surface area (Å²) in [5.74, 6) is 0.506. The number of halogens is 1. The third kappa shape index (κ3) is 3.60. The number of aliphatic imine (C=N–C) groups is 1. The van der Waals surface area contributed by atoms with E-state index in [1.54, 1.807) is 31.1 Å². The van der Waals surface area contributed by atoms with Gasteiger partial charge in [-0.25, -0.2) is 14.4 Å². The molecule has 1 aromatic carbocycles. The van der Waals surface area contributed by atoms with Crippen LogP contribution in [0.4, 0.5) is 15.8 Å². The second kappa shape index (κ2) is 7.76. The van der Waals surface area contributed by atoms with Crippen molar-refractivity contribution in [1.29, 1.82) is 0 Å². The van der Waals surface area contributed by atoms with Crippen molar-refractivity contribution < 1.29 is 9.13 Å². The number of likely N-dealkylation sites (tertiary alicyclic amines) is 1. The quantitative estimate of drug-likeness (QED) is 0.594. The standard InChI is InChI=1S/C20H23FN4OS/c1-26-19-9-8-14(11-22-19)23-20(27-2)24-12-15(13-24)25-10-4-5-16-17(21)6-3-7-18(16)25/h3,6-9,11,15H,4-5,10,12-13H2,1-2H3. The van der Waals surface area contributed by atoms with Crippen molar-refractivity contribution in [3.8, 4) is 5.88 Å². The van der Waals surface area contributed by atoms with E-state index in [-0.39, 0.29) is 5.82 Å². The van der Waals surface area contributed by atoms with E-state index in [1.165, 1.54) is 0 Å². The van der Waals surface area contributed by atoms with Gasteiger partial charge in [0.25, 0.3) is 0 Å². The Balaban J connectivity index is 1.45. The van der Waals surface area contributed by atoms with Gasteiger partial charge in [-0.1, -0.05) is 17.8 Å².